The van der Waals surface area contributed by atoms with Crippen LogP contribution in [0.4, 0.5) is 24.8 Å². The third-order valence-corrected chi connectivity index (χ3v) is 2.81. The Morgan fingerprint density at radius 3 is 2.26 bits per heavy atom. The number of nitrogens with zero attached hydrogens (tertiary/aromatic N) is 3. The van der Waals surface area contributed by atoms with Crippen LogP contribution in [0.3, 0.4) is 0 Å². The molecule has 0 spiro atoms. The van der Waals surface area contributed by atoms with Crippen molar-refractivity contribution < 1.29 is 22.8 Å². The van der Waals surface area contributed by atoms with E-state index < -0.39 is 11.3 Å². The van der Waals surface area contributed by atoms with Gasteiger partial charge in [0.1, 0.15) is 18.1 Å². The van der Waals surface area contributed by atoms with Gasteiger partial charge in [-0.2, -0.15) is 0 Å². The van der Waals surface area contributed by atoms with Crippen molar-refractivity contribution in [3.63, 3.8) is 0 Å². The van der Waals surface area contributed by atoms with E-state index in [-0.39, 0.29) is 23.4 Å². The first-order valence-corrected chi connectivity index (χ1v) is 6.33. The van der Waals surface area contributed by atoms with Crippen LogP contribution < -0.4 is 10.1 Å². The Morgan fingerprint density at radius 2 is 1.78 bits per heavy atom. The van der Waals surface area contributed by atoms with Crippen LogP contribution in [0.15, 0.2) is 36.7 Å². The molecule has 0 saturated heterocycles. The third kappa shape index (κ3) is 4.80. The first kappa shape index (κ1) is 16.5. The number of anilines is 1. The molecule has 0 aliphatic rings. The second kappa shape index (κ2) is 6.46. The van der Waals surface area contributed by atoms with Crippen molar-refractivity contribution in [2.24, 2.45) is 0 Å². The highest BCUT2D eigenvalue weighted by Crippen LogP contribution is 2.25. The number of ether oxygens (including phenoxy) is 1. The van der Waals surface area contributed by atoms with Gasteiger partial charge in [0.05, 0.1) is 11.0 Å². The summed E-state index contributed by atoms with van der Waals surface area (Å²) in [5, 5.41) is 13.4. The number of nitrogens with one attached hydrogen (secondary N) is 1. The molecule has 7 nitrogen and oxygen atoms in total. The van der Waals surface area contributed by atoms with Gasteiger partial charge in [-0.05, 0) is 24.6 Å². The molecule has 0 aliphatic carbocycles. The highest BCUT2D eigenvalue weighted by Gasteiger charge is 2.31. The molecule has 0 aliphatic heterocycles. The van der Waals surface area contributed by atoms with Crippen molar-refractivity contribution in [2.45, 2.75) is 19.3 Å². The highest BCUT2D eigenvalue weighted by atomic mass is 19.4. The van der Waals surface area contributed by atoms with Crippen LogP contribution in [0, 0.1) is 10.1 Å². The van der Waals surface area contributed by atoms with Gasteiger partial charge in [0, 0.05) is 0 Å². The maximum Gasteiger partial charge on any atom is 0.573 e. The van der Waals surface area contributed by atoms with Gasteiger partial charge in [0.2, 0.25) is 5.95 Å². The predicted octanol–water partition coefficient (Wildman–Crippen LogP) is 3.46. The van der Waals surface area contributed by atoms with E-state index in [0.29, 0.717) is 5.56 Å². The molecule has 1 N–H and O–H groups in total. The van der Waals surface area contributed by atoms with E-state index >= 15 is 0 Å². The van der Waals surface area contributed by atoms with Crippen LogP contribution in [0.5, 0.6) is 5.75 Å². The van der Waals surface area contributed by atoms with Gasteiger partial charge in [-0.15, -0.1) is 13.2 Å². The molecule has 1 aromatic carbocycles. The first-order valence-electron chi connectivity index (χ1n) is 6.33. The SMILES string of the molecule is C[C@H](Nc1ncc([N+](=O)[O-])cn1)c1ccc(OC(F)(F)F)cc1. The predicted molar refractivity (Wildman–Crippen MR) is 73.8 cm³/mol. The molecule has 2 rings (SSSR count). The minimum absolute atomic E-state index is 0.165. The van der Waals surface area contributed by atoms with E-state index in [1.54, 1.807) is 6.92 Å². The molecule has 0 saturated carbocycles. The Balaban J connectivity index is 2.02. The van der Waals surface area contributed by atoms with Gasteiger partial charge in [0.25, 0.3) is 0 Å². The molecular weight excluding hydrogens is 317 g/mol. The summed E-state index contributed by atoms with van der Waals surface area (Å²) in [5.41, 5.74) is 0.429. The molecule has 0 fully saturated rings. The summed E-state index contributed by atoms with van der Waals surface area (Å²) in [7, 11) is 0. The molecule has 23 heavy (non-hydrogen) atoms. The fourth-order valence-electron chi connectivity index (χ4n) is 1.73. The molecule has 1 aromatic heterocycles. The third-order valence-electron chi connectivity index (χ3n) is 2.81. The highest BCUT2D eigenvalue weighted by molar-refractivity contribution is 5.36. The lowest BCUT2D eigenvalue weighted by molar-refractivity contribution is -0.385. The maximum atomic E-state index is 12.1. The summed E-state index contributed by atoms with van der Waals surface area (Å²) < 4.78 is 40.0. The number of rotatable bonds is 5. The summed E-state index contributed by atoms with van der Waals surface area (Å²) in [6.45, 7) is 1.74. The molecule has 1 atom stereocenters. The standard InChI is InChI=1S/C13H11F3N4O3/c1-8(19-12-17-6-10(7-18-12)20(21)22)9-2-4-11(5-3-9)23-13(14,15)16/h2-8H,1H3,(H,17,18,19)/t8-/m0/s1. The lowest BCUT2D eigenvalue weighted by atomic mass is 10.1. The van der Waals surface area contributed by atoms with Crippen LogP contribution in [-0.2, 0) is 0 Å². The van der Waals surface area contributed by atoms with Crippen molar-refractivity contribution >= 4 is 11.6 Å². The number of hydrogen-bond acceptors (Lipinski definition) is 6. The molecule has 0 radical (unpaired) electrons. The summed E-state index contributed by atoms with van der Waals surface area (Å²) in [5.74, 6) is -0.154. The van der Waals surface area contributed by atoms with Crippen molar-refractivity contribution in [1.82, 2.24) is 9.97 Å². The Kier molecular flexibility index (Phi) is 4.63. The number of benzene rings is 1. The van der Waals surface area contributed by atoms with Crippen LogP contribution in [0.1, 0.15) is 18.5 Å². The summed E-state index contributed by atoms with van der Waals surface area (Å²) in [6, 6.07) is 4.99. The Labute approximate surface area is 128 Å². The molecule has 122 valence electrons. The van der Waals surface area contributed by atoms with Gasteiger partial charge < -0.3 is 10.1 Å². The maximum absolute atomic E-state index is 12.1. The number of nitro groups is 1. The lowest BCUT2D eigenvalue weighted by Gasteiger charge is -2.15. The Hall–Kier alpha value is -2.91. The quantitative estimate of drug-likeness (QED) is 0.668. The minimum atomic E-state index is -4.74. The van der Waals surface area contributed by atoms with E-state index in [1.807, 2.05) is 0 Å². The minimum Gasteiger partial charge on any atom is -0.406 e. The second-order valence-corrected chi connectivity index (χ2v) is 4.50. The molecule has 0 unspecified atom stereocenters. The Bertz CT molecular complexity index is 674. The average molecular weight is 328 g/mol. The van der Waals surface area contributed by atoms with Crippen molar-refractivity contribution in [2.75, 3.05) is 5.32 Å². The zero-order valence-corrected chi connectivity index (χ0v) is 11.7. The van der Waals surface area contributed by atoms with Crippen molar-refractivity contribution in [3.8, 4) is 5.75 Å². The number of halogens is 3. The van der Waals surface area contributed by atoms with Gasteiger partial charge in [0.15, 0.2) is 0 Å². The summed E-state index contributed by atoms with van der Waals surface area (Å²) >= 11 is 0. The van der Waals surface area contributed by atoms with E-state index in [1.165, 1.54) is 24.3 Å². The molecule has 0 bridgehead atoms. The fourth-order valence-corrected chi connectivity index (χ4v) is 1.73. The van der Waals surface area contributed by atoms with E-state index in [9.17, 15) is 23.3 Å². The monoisotopic (exact) mass is 328 g/mol. The first-order chi connectivity index (χ1) is 10.7. The number of aromatic nitrogens is 2. The number of hydrogen-bond donors (Lipinski definition) is 1. The van der Waals surface area contributed by atoms with Gasteiger partial charge >= 0.3 is 12.0 Å². The second-order valence-electron chi connectivity index (χ2n) is 4.50. The largest absolute Gasteiger partial charge is 0.573 e. The molecule has 1 heterocycles. The average Bonchev–Trinajstić information content (AvgIpc) is 2.46. The zero-order chi connectivity index (χ0) is 17.0. The van der Waals surface area contributed by atoms with Crippen LogP contribution >= 0.6 is 0 Å². The topological polar surface area (TPSA) is 90.2 Å². The normalized spacial score (nSPS) is 12.5. The molecule has 10 heteroatoms. The Morgan fingerprint density at radius 1 is 1.22 bits per heavy atom. The summed E-state index contributed by atoms with van der Waals surface area (Å²) in [6.07, 6.45) is -2.62. The van der Waals surface area contributed by atoms with Crippen LogP contribution in [0.25, 0.3) is 0 Å². The molecular formula is C13H11F3N4O3. The fraction of sp³-hybridized carbons (Fsp3) is 0.231. The van der Waals surface area contributed by atoms with E-state index in [4.69, 9.17) is 0 Å². The van der Waals surface area contributed by atoms with Crippen molar-refractivity contribution in [1.29, 1.82) is 0 Å². The molecule has 2 aromatic rings. The summed E-state index contributed by atoms with van der Waals surface area (Å²) in [4.78, 5) is 17.5. The van der Waals surface area contributed by atoms with E-state index in [0.717, 1.165) is 12.4 Å². The smallest absolute Gasteiger partial charge is 0.406 e. The van der Waals surface area contributed by atoms with E-state index in [2.05, 4.69) is 20.0 Å². The van der Waals surface area contributed by atoms with Crippen LogP contribution in [-0.4, -0.2) is 21.3 Å². The van der Waals surface area contributed by atoms with Gasteiger partial charge in [-0.1, -0.05) is 12.1 Å². The lowest BCUT2D eigenvalue weighted by Crippen LogP contribution is -2.17. The van der Waals surface area contributed by atoms with Crippen LogP contribution in [0.2, 0.25) is 0 Å². The van der Waals surface area contributed by atoms with Gasteiger partial charge in [-0.25, -0.2) is 9.97 Å². The van der Waals surface area contributed by atoms with Crippen molar-refractivity contribution in [3.05, 3.63) is 52.3 Å². The van der Waals surface area contributed by atoms with Gasteiger partial charge in [-0.3, -0.25) is 10.1 Å². The zero-order valence-electron chi connectivity index (χ0n) is 11.7. The molecule has 0 amide bonds. The number of alkyl halides is 3.